The molecule has 1 aromatic rings. The molecule has 1 heterocycles. The number of amides is 1. The Balaban J connectivity index is 1.80. The van der Waals surface area contributed by atoms with Crippen LogP contribution in [-0.2, 0) is 4.79 Å². The van der Waals surface area contributed by atoms with Crippen LogP contribution in [0.3, 0.4) is 0 Å². The molecule has 18 heavy (non-hydrogen) atoms. The van der Waals surface area contributed by atoms with Crippen LogP contribution in [0.4, 0.5) is 5.69 Å². The summed E-state index contributed by atoms with van der Waals surface area (Å²) in [4.78, 5) is 12.1. The van der Waals surface area contributed by atoms with E-state index in [1.54, 1.807) is 0 Å². The summed E-state index contributed by atoms with van der Waals surface area (Å²) in [5.41, 5.74) is 3.51. The van der Waals surface area contributed by atoms with E-state index in [1.807, 2.05) is 6.07 Å². The van der Waals surface area contributed by atoms with Gasteiger partial charge in [0.1, 0.15) is 0 Å². The number of aryl methyl sites for hydroxylation is 1. The zero-order valence-electron chi connectivity index (χ0n) is 11.0. The van der Waals surface area contributed by atoms with Crippen LogP contribution >= 0.6 is 0 Å². The molecule has 2 nitrogen and oxygen atoms in total. The third kappa shape index (κ3) is 2.16. The Bertz CT molecular complexity index is 460. The fourth-order valence-electron chi connectivity index (χ4n) is 3.44. The first-order chi connectivity index (χ1) is 8.74. The van der Waals surface area contributed by atoms with E-state index in [-0.39, 0.29) is 11.8 Å². The van der Waals surface area contributed by atoms with E-state index in [9.17, 15) is 4.79 Å². The maximum Gasteiger partial charge on any atom is 0.232 e. The highest BCUT2D eigenvalue weighted by atomic mass is 16.2. The molecule has 1 aromatic carbocycles. The van der Waals surface area contributed by atoms with Gasteiger partial charge in [-0.05, 0) is 30.9 Å². The quantitative estimate of drug-likeness (QED) is 0.835. The lowest BCUT2D eigenvalue weighted by Crippen LogP contribution is -2.17. The number of carbonyl (C=O) groups is 1. The minimum atomic E-state index is 0.1000. The highest BCUT2D eigenvalue weighted by molar-refractivity contribution is 6.02. The van der Waals surface area contributed by atoms with Gasteiger partial charge in [0.25, 0.3) is 0 Å². The molecule has 1 aliphatic carbocycles. The monoisotopic (exact) mass is 243 g/mol. The van der Waals surface area contributed by atoms with Crippen molar-refractivity contribution in [2.45, 2.75) is 51.4 Å². The van der Waals surface area contributed by atoms with Gasteiger partial charge >= 0.3 is 0 Å². The Labute approximate surface area is 109 Å². The number of hydrogen-bond acceptors (Lipinski definition) is 1. The average Bonchev–Trinajstić information content (AvgIpc) is 2.67. The molecule has 0 spiro atoms. The van der Waals surface area contributed by atoms with Gasteiger partial charge in [-0.25, -0.2) is 0 Å². The highest BCUT2D eigenvalue weighted by Gasteiger charge is 2.32. The third-order valence-electron chi connectivity index (χ3n) is 4.45. The Kier molecular flexibility index (Phi) is 3.11. The molecule has 1 saturated carbocycles. The minimum absolute atomic E-state index is 0.1000. The van der Waals surface area contributed by atoms with Crippen molar-refractivity contribution in [1.29, 1.82) is 0 Å². The molecule has 0 bridgehead atoms. The largest absolute Gasteiger partial charge is 0.325 e. The average molecular weight is 243 g/mol. The highest BCUT2D eigenvalue weighted by Crippen LogP contribution is 2.40. The first-order valence-electron chi connectivity index (χ1n) is 7.15. The van der Waals surface area contributed by atoms with E-state index in [2.05, 4.69) is 24.4 Å². The summed E-state index contributed by atoms with van der Waals surface area (Å²) < 4.78 is 0. The fraction of sp³-hybridized carbons (Fsp3) is 0.562. The van der Waals surface area contributed by atoms with Crippen molar-refractivity contribution < 1.29 is 4.79 Å². The summed E-state index contributed by atoms with van der Waals surface area (Å²) in [5, 5.41) is 3.03. The van der Waals surface area contributed by atoms with Crippen molar-refractivity contribution in [1.82, 2.24) is 0 Å². The van der Waals surface area contributed by atoms with E-state index < -0.39 is 0 Å². The second-order valence-corrected chi connectivity index (χ2v) is 5.87. The van der Waals surface area contributed by atoms with E-state index in [4.69, 9.17) is 0 Å². The van der Waals surface area contributed by atoms with Crippen LogP contribution in [0.5, 0.6) is 0 Å². The van der Waals surface area contributed by atoms with Gasteiger partial charge in [-0.15, -0.1) is 0 Å². The van der Waals surface area contributed by atoms with Crippen LogP contribution < -0.4 is 5.32 Å². The zero-order valence-corrected chi connectivity index (χ0v) is 11.0. The predicted molar refractivity (Wildman–Crippen MR) is 73.7 cm³/mol. The first kappa shape index (κ1) is 11.8. The number of fused-ring (bicyclic) bond motifs is 1. The van der Waals surface area contributed by atoms with Crippen molar-refractivity contribution in [2.75, 3.05) is 5.32 Å². The number of benzene rings is 1. The lowest BCUT2D eigenvalue weighted by Gasteiger charge is -2.23. The van der Waals surface area contributed by atoms with Gasteiger partial charge in [0, 0.05) is 5.69 Å². The number of anilines is 1. The lowest BCUT2D eigenvalue weighted by molar-refractivity contribution is -0.117. The molecule has 2 heteroatoms. The molecule has 96 valence electrons. The van der Waals surface area contributed by atoms with Crippen LogP contribution in [0.2, 0.25) is 0 Å². The van der Waals surface area contributed by atoms with Crippen LogP contribution in [0.15, 0.2) is 18.2 Å². The van der Waals surface area contributed by atoms with Gasteiger partial charge in [0.2, 0.25) is 5.91 Å². The number of hydrogen-bond donors (Lipinski definition) is 1. The van der Waals surface area contributed by atoms with Crippen molar-refractivity contribution in [3.63, 3.8) is 0 Å². The molecule has 1 amide bonds. The molecule has 2 aliphatic rings. The SMILES string of the molecule is Cc1ccc2c(c1)C(CC1CCCCC1)C(=O)N2. The molecule has 1 unspecified atom stereocenters. The standard InChI is InChI=1S/C16H21NO/c1-11-7-8-15-13(9-11)14(16(18)17-15)10-12-5-3-2-4-6-12/h7-9,12,14H,2-6,10H2,1H3,(H,17,18). The second kappa shape index (κ2) is 4.75. The molecule has 0 saturated heterocycles. The van der Waals surface area contributed by atoms with Crippen molar-refractivity contribution in [3.05, 3.63) is 29.3 Å². The van der Waals surface area contributed by atoms with E-state index in [1.165, 1.54) is 43.2 Å². The number of rotatable bonds is 2. The van der Waals surface area contributed by atoms with Crippen LogP contribution in [0, 0.1) is 12.8 Å². The van der Waals surface area contributed by atoms with Gasteiger partial charge in [-0.3, -0.25) is 4.79 Å². The van der Waals surface area contributed by atoms with Gasteiger partial charge < -0.3 is 5.32 Å². The molecule has 1 atom stereocenters. The van der Waals surface area contributed by atoms with Crippen molar-refractivity contribution >= 4 is 11.6 Å². The van der Waals surface area contributed by atoms with E-state index >= 15 is 0 Å². The van der Waals surface area contributed by atoms with E-state index in [0.29, 0.717) is 0 Å². The van der Waals surface area contributed by atoms with Gasteiger partial charge in [0.15, 0.2) is 0 Å². The first-order valence-corrected chi connectivity index (χ1v) is 7.15. The second-order valence-electron chi connectivity index (χ2n) is 5.87. The van der Waals surface area contributed by atoms with Crippen molar-refractivity contribution in [3.8, 4) is 0 Å². The van der Waals surface area contributed by atoms with Gasteiger partial charge in [-0.2, -0.15) is 0 Å². The third-order valence-corrected chi connectivity index (χ3v) is 4.45. The molecule has 1 N–H and O–H groups in total. The molecule has 3 rings (SSSR count). The summed E-state index contributed by atoms with van der Waals surface area (Å²) in [6.45, 7) is 2.10. The fourth-order valence-corrected chi connectivity index (χ4v) is 3.44. The molecule has 1 aliphatic heterocycles. The molecule has 0 radical (unpaired) electrons. The Morgan fingerprint density at radius 2 is 2.00 bits per heavy atom. The zero-order chi connectivity index (χ0) is 12.5. The summed E-state index contributed by atoms with van der Waals surface area (Å²) in [5.74, 6) is 1.06. The molecular weight excluding hydrogens is 222 g/mol. The maximum atomic E-state index is 12.1. The smallest absolute Gasteiger partial charge is 0.232 e. The summed E-state index contributed by atoms with van der Waals surface area (Å²) in [6, 6.07) is 6.30. The van der Waals surface area contributed by atoms with Gasteiger partial charge in [-0.1, -0.05) is 49.8 Å². The van der Waals surface area contributed by atoms with Crippen LogP contribution in [0.25, 0.3) is 0 Å². The predicted octanol–water partition coefficient (Wildman–Crippen LogP) is 4.00. The molecular formula is C16H21NO. The normalized spacial score (nSPS) is 23.8. The van der Waals surface area contributed by atoms with Crippen LogP contribution in [-0.4, -0.2) is 5.91 Å². The van der Waals surface area contributed by atoms with E-state index in [0.717, 1.165) is 18.0 Å². The van der Waals surface area contributed by atoms with Crippen LogP contribution in [0.1, 0.15) is 55.6 Å². The maximum absolute atomic E-state index is 12.1. The summed E-state index contributed by atoms with van der Waals surface area (Å²) in [6.07, 6.45) is 7.74. The Morgan fingerprint density at radius 3 is 2.78 bits per heavy atom. The minimum Gasteiger partial charge on any atom is -0.325 e. The van der Waals surface area contributed by atoms with Gasteiger partial charge in [0.05, 0.1) is 5.92 Å². The number of nitrogens with one attached hydrogen (secondary N) is 1. The Hall–Kier alpha value is -1.31. The Morgan fingerprint density at radius 1 is 1.22 bits per heavy atom. The summed E-state index contributed by atoms with van der Waals surface area (Å²) >= 11 is 0. The topological polar surface area (TPSA) is 29.1 Å². The summed E-state index contributed by atoms with van der Waals surface area (Å²) in [7, 11) is 0. The van der Waals surface area contributed by atoms with Crippen molar-refractivity contribution in [2.24, 2.45) is 5.92 Å². The molecule has 0 aromatic heterocycles. The lowest BCUT2D eigenvalue weighted by atomic mass is 9.81. The molecule has 1 fully saturated rings. The number of carbonyl (C=O) groups excluding carboxylic acids is 1.